The fraction of sp³-hybridized carbons (Fsp3) is 0.413. The largest absolute Gasteiger partial charge is 0.456 e. The van der Waals surface area contributed by atoms with Crippen LogP contribution in [0.5, 0.6) is 0 Å². The molecule has 62 heavy (non-hydrogen) atoms. The van der Waals surface area contributed by atoms with Crippen molar-refractivity contribution in [1.29, 1.82) is 0 Å². The van der Waals surface area contributed by atoms with Gasteiger partial charge in [-0.05, 0) is 91.1 Å². The normalized spacial score (nSPS) is 18.0. The highest BCUT2D eigenvalue weighted by Crippen LogP contribution is 2.36. The number of hydrogen-bond donors (Lipinski definition) is 4. The Morgan fingerprint density at radius 1 is 0.774 bits per heavy atom. The lowest BCUT2D eigenvalue weighted by Crippen LogP contribution is -2.51. The number of alkyl carbamates (subject to hydrolysis) is 2. The molecule has 5 atom stereocenters. The highest BCUT2D eigenvalue weighted by Gasteiger charge is 2.39. The van der Waals surface area contributed by atoms with Crippen LogP contribution >= 0.6 is 0 Å². The van der Waals surface area contributed by atoms with Crippen molar-refractivity contribution in [2.75, 3.05) is 27.3 Å². The van der Waals surface area contributed by atoms with Crippen LogP contribution in [0.1, 0.15) is 83.5 Å². The first kappa shape index (κ1) is 42.0. The minimum atomic E-state index is -0.725. The second kappa shape index (κ2) is 17.3. The van der Waals surface area contributed by atoms with Crippen LogP contribution in [0.15, 0.2) is 70.0 Å². The Hall–Kier alpha value is -6.71. The lowest BCUT2D eigenvalue weighted by molar-refractivity contribution is -0.136. The second-order valence-corrected chi connectivity index (χ2v) is 16.6. The van der Waals surface area contributed by atoms with Crippen molar-refractivity contribution in [2.24, 2.45) is 11.8 Å². The number of benzene rings is 3. The van der Waals surface area contributed by atoms with Crippen LogP contribution in [-0.4, -0.2) is 93.1 Å². The molecule has 0 aliphatic carbocycles. The third-order valence-corrected chi connectivity index (χ3v) is 12.4. The zero-order valence-electron chi connectivity index (χ0n) is 35.7. The highest BCUT2D eigenvalue weighted by atomic mass is 16.5. The van der Waals surface area contributed by atoms with Crippen LogP contribution in [0.25, 0.3) is 55.4 Å². The van der Waals surface area contributed by atoms with Crippen LogP contribution in [-0.2, 0) is 19.1 Å². The van der Waals surface area contributed by atoms with E-state index in [2.05, 4.69) is 25.6 Å². The maximum absolute atomic E-state index is 14.0. The van der Waals surface area contributed by atoms with Crippen molar-refractivity contribution < 1.29 is 33.1 Å². The predicted octanol–water partition coefficient (Wildman–Crippen LogP) is 7.36. The van der Waals surface area contributed by atoms with Crippen molar-refractivity contribution in [3.05, 3.63) is 82.7 Å². The second-order valence-electron chi connectivity index (χ2n) is 16.6. The number of aromatic amines is 2. The molecule has 4 N–H and O–H groups in total. The summed E-state index contributed by atoms with van der Waals surface area (Å²) in [5.74, 6) is 0.738. The van der Waals surface area contributed by atoms with E-state index in [0.717, 1.165) is 53.4 Å². The zero-order valence-corrected chi connectivity index (χ0v) is 35.7. The van der Waals surface area contributed by atoms with E-state index in [0.29, 0.717) is 58.8 Å². The van der Waals surface area contributed by atoms with Gasteiger partial charge in [-0.2, -0.15) is 0 Å². The average Bonchev–Trinajstić information content (AvgIpc) is 4.12. The van der Waals surface area contributed by atoms with Gasteiger partial charge in [-0.15, -0.1) is 0 Å². The van der Waals surface area contributed by atoms with Gasteiger partial charge >= 0.3 is 12.2 Å². The van der Waals surface area contributed by atoms with Gasteiger partial charge in [0.1, 0.15) is 34.9 Å². The van der Waals surface area contributed by atoms with Crippen molar-refractivity contribution in [1.82, 2.24) is 40.4 Å². The Morgan fingerprint density at radius 3 is 2.08 bits per heavy atom. The summed E-state index contributed by atoms with van der Waals surface area (Å²) in [6.07, 6.45) is 4.18. The number of amides is 4. The molecule has 8 rings (SSSR count). The predicted molar refractivity (Wildman–Crippen MR) is 233 cm³/mol. The maximum atomic E-state index is 14.0. The van der Waals surface area contributed by atoms with E-state index in [9.17, 15) is 24.0 Å². The van der Waals surface area contributed by atoms with Crippen LogP contribution in [0.2, 0.25) is 0 Å². The molecule has 3 aromatic heterocycles. The third-order valence-electron chi connectivity index (χ3n) is 12.4. The van der Waals surface area contributed by atoms with Crippen LogP contribution in [0.4, 0.5) is 9.59 Å². The number of likely N-dealkylation sites (tertiary alicyclic amines) is 2. The molecule has 2 aliphatic heterocycles. The monoisotopic (exact) mass is 844 g/mol. The fourth-order valence-electron chi connectivity index (χ4n) is 8.78. The summed E-state index contributed by atoms with van der Waals surface area (Å²) in [6.45, 7) is 8.78. The standard InChI is InChI=1S/C46H52N8O8/c1-7-25(4)39(52-46(59)61-6)44(57)53-18-8-10-34(53)41-47-23-33(50-41)28-14-17-36-30(20-28)40(55)29-15-12-27(22-37(29)62-36)26-13-16-31-32(21-26)49-42(48-31)35-11-9-19-54(35)43(56)38(24(2)3)51-45(58)60-5/h12-17,20-25,34-35,38-39H,7-11,18-19H2,1-6H3,(H,47,50)(H,48,49)(H,51,58)(H,52,59)/t25-,34-,35-,38-,39-/m0/s1. The number of carbonyl (C=O) groups excluding carboxylic acids is 4. The van der Waals surface area contributed by atoms with Crippen LogP contribution in [0, 0.1) is 11.8 Å². The number of carbonyl (C=O) groups is 4. The molecule has 0 bridgehead atoms. The summed E-state index contributed by atoms with van der Waals surface area (Å²) < 4.78 is 15.9. The molecule has 324 valence electrons. The lowest BCUT2D eigenvalue weighted by atomic mass is 9.97. The number of ether oxygens (including phenoxy) is 2. The first-order chi connectivity index (χ1) is 29.9. The molecular formula is C46H52N8O8. The molecule has 0 unspecified atom stereocenters. The van der Waals surface area contributed by atoms with Gasteiger partial charge < -0.3 is 44.3 Å². The van der Waals surface area contributed by atoms with Gasteiger partial charge in [0.15, 0.2) is 0 Å². The first-order valence-electron chi connectivity index (χ1n) is 21.2. The van der Waals surface area contributed by atoms with E-state index in [1.165, 1.54) is 14.2 Å². The van der Waals surface area contributed by atoms with E-state index in [-0.39, 0.29) is 41.2 Å². The maximum Gasteiger partial charge on any atom is 0.407 e. The molecule has 0 saturated carbocycles. The van der Waals surface area contributed by atoms with Crippen LogP contribution in [0.3, 0.4) is 0 Å². The number of rotatable bonds is 11. The number of nitrogens with zero attached hydrogens (tertiary/aromatic N) is 4. The summed E-state index contributed by atoms with van der Waals surface area (Å²) in [6, 6.07) is 14.9. The molecule has 16 heteroatoms. The average molecular weight is 845 g/mol. The van der Waals surface area contributed by atoms with Crippen molar-refractivity contribution in [2.45, 2.75) is 84.0 Å². The van der Waals surface area contributed by atoms with Crippen LogP contribution < -0.4 is 16.1 Å². The summed E-state index contributed by atoms with van der Waals surface area (Å²) >= 11 is 0. The van der Waals surface area contributed by atoms with Gasteiger partial charge in [0, 0.05) is 18.7 Å². The third kappa shape index (κ3) is 7.96. The number of fused-ring (bicyclic) bond motifs is 3. The number of imidazole rings is 2. The van der Waals surface area contributed by atoms with Crippen molar-refractivity contribution >= 4 is 57.0 Å². The topological polar surface area (TPSA) is 205 Å². The molecule has 16 nitrogen and oxygen atoms in total. The van der Waals surface area contributed by atoms with E-state index in [4.69, 9.17) is 18.9 Å². The molecule has 2 aliphatic rings. The van der Waals surface area contributed by atoms with E-state index in [1.54, 1.807) is 34.2 Å². The SMILES string of the molecule is CC[C@H](C)[C@H](NC(=O)OC)C(=O)N1CCC[C@H]1c1ncc(-c2ccc3oc4cc(-c5ccc6nc([C@@H]7CCCN7C(=O)[C@@H](NC(=O)OC)C(C)C)[nH]c6c5)ccc4c(=O)c3c2)[nH]1. The summed E-state index contributed by atoms with van der Waals surface area (Å²) in [7, 11) is 2.56. The molecule has 6 aromatic rings. The molecule has 3 aromatic carbocycles. The van der Waals surface area contributed by atoms with Crippen molar-refractivity contribution in [3.8, 4) is 22.4 Å². The van der Waals surface area contributed by atoms with Gasteiger partial charge in [-0.1, -0.05) is 46.2 Å². The molecule has 2 fully saturated rings. The van der Waals surface area contributed by atoms with Gasteiger partial charge in [0.2, 0.25) is 17.2 Å². The van der Waals surface area contributed by atoms with Gasteiger partial charge in [0.25, 0.3) is 0 Å². The minimum absolute atomic E-state index is 0.0968. The lowest BCUT2D eigenvalue weighted by Gasteiger charge is -2.30. The molecular weight excluding hydrogens is 793 g/mol. The molecule has 5 heterocycles. The van der Waals surface area contributed by atoms with E-state index >= 15 is 0 Å². The first-order valence-corrected chi connectivity index (χ1v) is 21.2. The number of nitrogens with one attached hydrogen (secondary N) is 4. The summed E-state index contributed by atoms with van der Waals surface area (Å²) in [5, 5.41) is 6.29. The Balaban J connectivity index is 1.02. The quantitative estimate of drug-likeness (QED) is 0.0954. The molecule has 0 radical (unpaired) electrons. The molecule has 0 spiro atoms. The smallest absolute Gasteiger partial charge is 0.407 e. The highest BCUT2D eigenvalue weighted by molar-refractivity contribution is 5.94. The van der Waals surface area contributed by atoms with Gasteiger partial charge in [-0.25, -0.2) is 19.6 Å². The Kier molecular flexibility index (Phi) is 11.7. The number of H-pyrrole nitrogens is 2. The molecule has 4 amide bonds. The van der Waals surface area contributed by atoms with Crippen molar-refractivity contribution in [3.63, 3.8) is 0 Å². The summed E-state index contributed by atoms with van der Waals surface area (Å²) in [5.41, 5.74) is 5.47. The van der Waals surface area contributed by atoms with Gasteiger partial charge in [-0.3, -0.25) is 14.4 Å². The van der Waals surface area contributed by atoms with Gasteiger partial charge in [0.05, 0.1) is 60.0 Å². The number of hydrogen-bond acceptors (Lipinski definition) is 10. The van der Waals surface area contributed by atoms with E-state index < -0.39 is 24.3 Å². The number of methoxy groups -OCH3 is 2. The number of aromatic nitrogens is 4. The fourth-order valence-corrected chi connectivity index (χ4v) is 8.78. The zero-order chi connectivity index (χ0) is 43.8. The summed E-state index contributed by atoms with van der Waals surface area (Å²) in [4.78, 5) is 85.5. The molecule has 2 saturated heterocycles. The Labute approximate surface area is 357 Å². The Morgan fingerprint density at radius 2 is 1.40 bits per heavy atom. The Bertz CT molecular complexity index is 2740. The van der Waals surface area contributed by atoms with E-state index in [1.807, 2.05) is 64.1 Å². The minimum Gasteiger partial charge on any atom is -0.456 e.